The summed E-state index contributed by atoms with van der Waals surface area (Å²) in [6.45, 7) is 3.28. The van der Waals surface area contributed by atoms with E-state index < -0.39 is 5.60 Å². The monoisotopic (exact) mass is 298 g/mol. The van der Waals surface area contributed by atoms with Gasteiger partial charge >= 0.3 is 0 Å². The summed E-state index contributed by atoms with van der Waals surface area (Å²) < 4.78 is 5.11. The quantitative estimate of drug-likeness (QED) is 0.928. The summed E-state index contributed by atoms with van der Waals surface area (Å²) in [6.07, 6.45) is 0. The third-order valence-electron chi connectivity index (χ3n) is 2.92. The number of anilines is 1. The van der Waals surface area contributed by atoms with Crippen LogP contribution in [0.2, 0.25) is 5.02 Å². The maximum absolute atomic E-state index is 12.1. The van der Waals surface area contributed by atoms with Gasteiger partial charge in [-0.05, 0) is 32.0 Å². The van der Waals surface area contributed by atoms with Gasteiger partial charge in [0.05, 0.1) is 11.3 Å². The minimum absolute atomic E-state index is 0.216. The lowest BCUT2D eigenvalue weighted by Crippen LogP contribution is -2.39. The Morgan fingerprint density at radius 2 is 1.90 bits per heavy atom. The average molecular weight is 299 g/mol. The smallest absolute Gasteiger partial charge is 0.256 e. The Kier molecular flexibility index (Phi) is 5.14. The molecule has 0 aliphatic rings. The zero-order valence-corrected chi connectivity index (χ0v) is 13.0. The van der Waals surface area contributed by atoms with Crippen LogP contribution in [0.5, 0.6) is 0 Å². The molecule has 0 heterocycles. The van der Waals surface area contributed by atoms with E-state index in [1.807, 2.05) is 0 Å². The molecule has 20 heavy (non-hydrogen) atoms. The first-order valence-electron chi connectivity index (χ1n) is 6.07. The van der Waals surface area contributed by atoms with Crippen molar-refractivity contribution in [1.82, 2.24) is 4.90 Å². The van der Waals surface area contributed by atoms with Gasteiger partial charge in [-0.25, -0.2) is 0 Å². The number of nitrogens with zero attached hydrogens (tertiary/aromatic N) is 1. The van der Waals surface area contributed by atoms with Crippen LogP contribution in [0.1, 0.15) is 24.2 Å². The van der Waals surface area contributed by atoms with Crippen LogP contribution >= 0.6 is 11.6 Å². The number of ether oxygens (including phenoxy) is 1. The Morgan fingerprint density at radius 1 is 1.30 bits per heavy atom. The first-order chi connectivity index (χ1) is 9.19. The molecule has 1 aromatic carbocycles. The number of benzene rings is 1. The van der Waals surface area contributed by atoms with Crippen molar-refractivity contribution in [3.63, 3.8) is 0 Å². The summed E-state index contributed by atoms with van der Waals surface area (Å²) in [6, 6.07) is 4.73. The van der Waals surface area contributed by atoms with Crippen LogP contribution in [-0.4, -0.2) is 43.5 Å². The van der Waals surface area contributed by atoms with E-state index >= 15 is 0 Å². The second kappa shape index (κ2) is 6.24. The number of amides is 2. The SMILES string of the molecule is COC(C)(C)C(=O)Nc1cc(Cl)ccc1C(=O)N(C)C. The number of carbonyl (C=O) groups excluding carboxylic acids is 2. The highest BCUT2D eigenvalue weighted by atomic mass is 35.5. The van der Waals surface area contributed by atoms with E-state index in [9.17, 15) is 9.59 Å². The van der Waals surface area contributed by atoms with Crippen molar-refractivity contribution in [2.45, 2.75) is 19.4 Å². The molecule has 0 bridgehead atoms. The molecule has 0 saturated heterocycles. The minimum atomic E-state index is -0.999. The fourth-order valence-electron chi connectivity index (χ4n) is 1.41. The predicted molar refractivity (Wildman–Crippen MR) is 79.2 cm³/mol. The molecule has 0 saturated carbocycles. The molecule has 1 aromatic rings. The van der Waals surface area contributed by atoms with Gasteiger partial charge in [0.1, 0.15) is 5.60 Å². The van der Waals surface area contributed by atoms with Crippen LogP contribution in [0.3, 0.4) is 0 Å². The molecule has 0 atom stereocenters. The van der Waals surface area contributed by atoms with E-state index in [0.717, 1.165) is 0 Å². The van der Waals surface area contributed by atoms with Crippen molar-refractivity contribution in [2.24, 2.45) is 0 Å². The standard InChI is InChI=1S/C14H19ClN2O3/c1-14(2,20-5)13(19)16-11-8-9(15)6-7-10(11)12(18)17(3)4/h6-8H,1-5H3,(H,16,19). The summed E-state index contributed by atoms with van der Waals surface area (Å²) in [4.78, 5) is 25.6. The topological polar surface area (TPSA) is 58.6 Å². The van der Waals surface area contributed by atoms with Gasteiger partial charge in [-0.2, -0.15) is 0 Å². The lowest BCUT2D eigenvalue weighted by atomic mass is 10.1. The molecule has 5 nitrogen and oxygen atoms in total. The molecule has 0 aliphatic carbocycles. The highest BCUT2D eigenvalue weighted by Gasteiger charge is 2.28. The number of nitrogens with one attached hydrogen (secondary N) is 1. The minimum Gasteiger partial charge on any atom is -0.369 e. The van der Waals surface area contributed by atoms with Crippen LogP contribution in [0.4, 0.5) is 5.69 Å². The van der Waals surface area contributed by atoms with Crippen molar-refractivity contribution >= 4 is 29.1 Å². The molecular weight excluding hydrogens is 280 g/mol. The van der Waals surface area contributed by atoms with Crippen LogP contribution in [0.25, 0.3) is 0 Å². The van der Waals surface area contributed by atoms with E-state index in [2.05, 4.69) is 5.32 Å². The molecule has 0 fully saturated rings. The molecule has 0 radical (unpaired) electrons. The summed E-state index contributed by atoms with van der Waals surface area (Å²) in [5.74, 6) is -0.567. The third kappa shape index (κ3) is 3.71. The van der Waals surface area contributed by atoms with Crippen LogP contribution in [-0.2, 0) is 9.53 Å². The maximum atomic E-state index is 12.1. The van der Waals surface area contributed by atoms with E-state index in [4.69, 9.17) is 16.3 Å². The molecule has 110 valence electrons. The van der Waals surface area contributed by atoms with Crippen LogP contribution < -0.4 is 5.32 Å². The predicted octanol–water partition coefficient (Wildman–Crippen LogP) is 2.41. The highest BCUT2D eigenvalue weighted by Crippen LogP contribution is 2.23. The number of hydrogen-bond acceptors (Lipinski definition) is 3. The van der Waals surface area contributed by atoms with E-state index in [-0.39, 0.29) is 11.8 Å². The normalized spacial score (nSPS) is 11.1. The first-order valence-corrected chi connectivity index (χ1v) is 6.44. The van der Waals surface area contributed by atoms with Crippen molar-refractivity contribution in [1.29, 1.82) is 0 Å². The number of hydrogen-bond donors (Lipinski definition) is 1. The van der Waals surface area contributed by atoms with Gasteiger partial charge in [0.25, 0.3) is 11.8 Å². The molecule has 6 heteroatoms. The van der Waals surface area contributed by atoms with Gasteiger partial charge in [0.15, 0.2) is 0 Å². The van der Waals surface area contributed by atoms with Gasteiger partial charge in [0.2, 0.25) is 0 Å². The van der Waals surface area contributed by atoms with Crippen molar-refractivity contribution in [3.8, 4) is 0 Å². The molecule has 0 unspecified atom stereocenters. The van der Waals surface area contributed by atoms with Gasteiger partial charge in [-0.3, -0.25) is 9.59 Å². The van der Waals surface area contributed by atoms with Gasteiger partial charge in [-0.15, -0.1) is 0 Å². The Balaban J connectivity index is 3.14. The Bertz CT molecular complexity index is 527. The van der Waals surface area contributed by atoms with Gasteiger partial charge < -0.3 is 15.0 Å². The average Bonchev–Trinajstić information content (AvgIpc) is 2.38. The summed E-state index contributed by atoms with van der Waals surface area (Å²) in [5.41, 5.74) is -0.258. The van der Waals surface area contributed by atoms with Crippen LogP contribution in [0.15, 0.2) is 18.2 Å². The molecule has 0 aromatic heterocycles. The zero-order chi connectivity index (χ0) is 15.5. The lowest BCUT2D eigenvalue weighted by molar-refractivity contribution is -0.133. The fraction of sp³-hybridized carbons (Fsp3) is 0.429. The van der Waals surface area contributed by atoms with Gasteiger partial charge in [-0.1, -0.05) is 11.6 Å². The Labute approximate surface area is 123 Å². The first kappa shape index (κ1) is 16.5. The zero-order valence-electron chi connectivity index (χ0n) is 12.3. The molecule has 1 N–H and O–H groups in total. The maximum Gasteiger partial charge on any atom is 0.256 e. The van der Waals surface area contributed by atoms with Crippen molar-refractivity contribution in [3.05, 3.63) is 28.8 Å². The third-order valence-corrected chi connectivity index (χ3v) is 3.16. The molecule has 0 spiro atoms. The molecule has 1 rings (SSSR count). The highest BCUT2D eigenvalue weighted by molar-refractivity contribution is 6.31. The summed E-state index contributed by atoms with van der Waals surface area (Å²) >= 11 is 5.93. The number of halogens is 1. The van der Waals surface area contributed by atoms with E-state index in [0.29, 0.717) is 16.3 Å². The number of carbonyl (C=O) groups is 2. The van der Waals surface area contributed by atoms with Crippen molar-refractivity contribution < 1.29 is 14.3 Å². The van der Waals surface area contributed by atoms with E-state index in [1.54, 1.807) is 46.1 Å². The van der Waals surface area contributed by atoms with Crippen molar-refractivity contribution in [2.75, 3.05) is 26.5 Å². The molecule has 0 aliphatic heterocycles. The lowest BCUT2D eigenvalue weighted by Gasteiger charge is -2.23. The Morgan fingerprint density at radius 3 is 2.40 bits per heavy atom. The second-order valence-electron chi connectivity index (χ2n) is 5.06. The Hall–Kier alpha value is -1.59. The van der Waals surface area contributed by atoms with Gasteiger partial charge in [0, 0.05) is 26.2 Å². The van der Waals surface area contributed by atoms with Crippen LogP contribution in [0, 0.1) is 0 Å². The van der Waals surface area contributed by atoms with E-state index in [1.165, 1.54) is 12.0 Å². The molecular formula is C14H19ClN2O3. The second-order valence-corrected chi connectivity index (χ2v) is 5.49. The fourth-order valence-corrected chi connectivity index (χ4v) is 1.58. The number of methoxy groups -OCH3 is 1. The summed E-state index contributed by atoms with van der Waals surface area (Å²) in [5, 5.41) is 3.12. The summed E-state index contributed by atoms with van der Waals surface area (Å²) in [7, 11) is 4.73. The number of rotatable bonds is 4. The molecule has 2 amide bonds. The largest absolute Gasteiger partial charge is 0.369 e.